The summed E-state index contributed by atoms with van der Waals surface area (Å²) < 4.78 is 43.6. The lowest BCUT2D eigenvalue weighted by Crippen LogP contribution is -2.37. The van der Waals surface area contributed by atoms with Gasteiger partial charge in [-0.1, -0.05) is 25.1 Å². The van der Waals surface area contributed by atoms with Gasteiger partial charge in [0.25, 0.3) is 0 Å². The quantitative estimate of drug-likeness (QED) is 0.381. The second kappa shape index (κ2) is 9.58. The molecule has 0 aliphatic carbocycles. The zero-order valence-electron chi connectivity index (χ0n) is 19.4. The number of imidazole rings is 1. The zero-order chi connectivity index (χ0) is 26.0. The molecular formula is C25H21F3N6O2. The molecule has 0 spiro atoms. The summed E-state index contributed by atoms with van der Waals surface area (Å²) in [5.74, 6) is 0. The number of rotatable bonds is 5. The molecule has 0 unspecified atom stereocenters. The van der Waals surface area contributed by atoms with E-state index >= 15 is 0 Å². The van der Waals surface area contributed by atoms with Crippen LogP contribution in [-0.4, -0.2) is 31.5 Å². The molecule has 0 atom stereocenters. The maximum atomic E-state index is 13.5. The third kappa shape index (κ3) is 4.40. The van der Waals surface area contributed by atoms with Crippen molar-refractivity contribution in [3.05, 3.63) is 94.0 Å². The number of hydrogen-bond donors (Lipinski definition) is 1. The summed E-state index contributed by atoms with van der Waals surface area (Å²) in [5.41, 5.74) is 0.0492. The molecule has 2 heterocycles. The molecule has 2 aromatic carbocycles. The lowest BCUT2D eigenvalue weighted by Gasteiger charge is -2.12. The second-order valence-corrected chi connectivity index (χ2v) is 7.92. The van der Waals surface area contributed by atoms with Crippen molar-refractivity contribution in [1.82, 2.24) is 24.2 Å². The summed E-state index contributed by atoms with van der Waals surface area (Å²) in [4.78, 5) is 30.0. The molecule has 0 radical (unpaired) electrons. The second-order valence-electron chi connectivity index (χ2n) is 7.92. The third-order valence-corrected chi connectivity index (χ3v) is 5.55. The van der Waals surface area contributed by atoms with Gasteiger partial charge in [-0.25, -0.2) is 23.7 Å². The number of halogens is 3. The molecule has 4 aromatic rings. The summed E-state index contributed by atoms with van der Waals surface area (Å²) in [6.45, 7) is 10.8. The number of nitrogens with zero attached hydrogens (tertiary/aromatic N) is 5. The van der Waals surface area contributed by atoms with Crippen LogP contribution in [0.15, 0.2) is 65.6 Å². The van der Waals surface area contributed by atoms with Crippen molar-refractivity contribution in [2.45, 2.75) is 26.4 Å². The highest BCUT2D eigenvalue weighted by Gasteiger charge is 2.32. The topological polar surface area (TPSA) is 78.2 Å². The Balaban J connectivity index is 1.97. The fourth-order valence-electron chi connectivity index (χ4n) is 3.89. The van der Waals surface area contributed by atoms with E-state index in [1.54, 1.807) is 37.3 Å². The molecule has 11 heteroatoms. The number of hydrogen-bond acceptors (Lipinski definition) is 3. The molecule has 0 fully saturated rings. The molecule has 1 N–H and O–H groups in total. The van der Waals surface area contributed by atoms with Gasteiger partial charge in [0.15, 0.2) is 5.69 Å². The molecule has 36 heavy (non-hydrogen) atoms. The highest BCUT2D eigenvalue weighted by atomic mass is 19.4. The van der Waals surface area contributed by atoms with Crippen molar-refractivity contribution in [3.8, 4) is 22.8 Å². The highest BCUT2D eigenvalue weighted by molar-refractivity contribution is 5.83. The van der Waals surface area contributed by atoms with Crippen molar-refractivity contribution in [1.29, 1.82) is 0 Å². The zero-order valence-corrected chi connectivity index (χ0v) is 19.4. The van der Waals surface area contributed by atoms with Crippen LogP contribution in [0.3, 0.4) is 0 Å². The molecule has 0 saturated carbocycles. The molecule has 8 nitrogen and oxygen atoms in total. The first-order valence-corrected chi connectivity index (χ1v) is 11.0. The molecule has 0 saturated heterocycles. The van der Waals surface area contributed by atoms with E-state index in [0.717, 1.165) is 21.3 Å². The summed E-state index contributed by atoms with van der Waals surface area (Å²) in [5, 5.41) is 6.98. The van der Waals surface area contributed by atoms with Crippen LogP contribution < -0.4 is 11.0 Å². The van der Waals surface area contributed by atoms with Crippen LogP contribution in [0, 0.1) is 13.5 Å². The van der Waals surface area contributed by atoms with Crippen molar-refractivity contribution in [3.63, 3.8) is 0 Å². The summed E-state index contributed by atoms with van der Waals surface area (Å²) in [7, 11) is 0. The molecule has 2 aromatic heterocycles. The summed E-state index contributed by atoms with van der Waals surface area (Å²) in [6, 6.07) is 11.8. The average Bonchev–Trinajstić information content (AvgIpc) is 3.44. The molecule has 0 bridgehead atoms. The van der Waals surface area contributed by atoms with Crippen LogP contribution in [0.5, 0.6) is 0 Å². The van der Waals surface area contributed by atoms with Crippen LogP contribution in [0.4, 0.5) is 23.7 Å². The van der Waals surface area contributed by atoms with Crippen molar-refractivity contribution >= 4 is 11.7 Å². The predicted octanol–water partition coefficient (Wildman–Crippen LogP) is 5.34. The van der Waals surface area contributed by atoms with Crippen LogP contribution >= 0.6 is 0 Å². The van der Waals surface area contributed by atoms with Crippen molar-refractivity contribution < 1.29 is 18.0 Å². The molecule has 1 amide bonds. The van der Waals surface area contributed by atoms with E-state index < -0.39 is 23.5 Å². The first-order chi connectivity index (χ1) is 17.2. The van der Waals surface area contributed by atoms with Gasteiger partial charge in [0.2, 0.25) is 0 Å². The van der Waals surface area contributed by atoms with Crippen molar-refractivity contribution in [2.75, 3.05) is 6.54 Å². The number of nitrogens with one attached hydrogen (secondary N) is 1. The standard InChI is InChI=1S/C25H21F3N6O2/c1-4-13-30-23(35)33-22(21-12-14-31-34(21)19-10-8-18(29-3)9-11-19)16(2)32(24(33)36)20-7-5-6-17(15-20)25(26,27)28/h5-12,14-15H,4,13H2,1-2H3,(H,30,35). The minimum Gasteiger partial charge on any atom is -0.337 e. The van der Waals surface area contributed by atoms with E-state index in [0.29, 0.717) is 30.0 Å². The predicted molar refractivity (Wildman–Crippen MR) is 128 cm³/mol. The Morgan fingerprint density at radius 1 is 1.11 bits per heavy atom. The fourth-order valence-corrected chi connectivity index (χ4v) is 3.89. The van der Waals surface area contributed by atoms with Gasteiger partial charge in [0.1, 0.15) is 5.69 Å². The number of alkyl halides is 3. The van der Waals surface area contributed by atoms with E-state index in [9.17, 15) is 22.8 Å². The number of amides is 1. The van der Waals surface area contributed by atoms with Gasteiger partial charge in [0.05, 0.1) is 41.1 Å². The van der Waals surface area contributed by atoms with Crippen LogP contribution in [0.25, 0.3) is 27.6 Å². The molecule has 0 aliphatic heterocycles. The normalized spacial score (nSPS) is 11.3. The van der Waals surface area contributed by atoms with Crippen LogP contribution in [0.1, 0.15) is 24.6 Å². The smallest absolute Gasteiger partial charge is 0.337 e. The van der Waals surface area contributed by atoms with Gasteiger partial charge in [-0.2, -0.15) is 18.3 Å². The number of aromatic nitrogens is 4. The Labute approximate surface area is 204 Å². The maximum Gasteiger partial charge on any atom is 0.416 e. The summed E-state index contributed by atoms with van der Waals surface area (Å²) >= 11 is 0. The Morgan fingerprint density at radius 3 is 2.47 bits per heavy atom. The number of carbonyl (C=O) groups is 1. The van der Waals surface area contributed by atoms with Gasteiger partial charge < -0.3 is 5.32 Å². The number of benzene rings is 2. The van der Waals surface area contributed by atoms with E-state index in [-0.39, 0.29) is 17.1 Å². The largest absolute Gasteiger partial charge is 0.416 e. The first-order valence-electron chi connectivity index (χ1n) is 11.0. The Kier molecular flexibility index (Phi) is 6.53. The molecule has 0 aliphatic rings. The Bertz CT molecular complexity index is 1520. The van der Waals surface area contributed by atoms with Gasteiger partial charge in [-0.3, -0.25) is 4.57 Å². The lowest BCUT2D eigenvalue weighted by atomic mass is 10.2. The minimum atomic E-state index is -4.60. The highest BCUT2D eigenvalue weighted by Crippen LogP contribution is 2.32. The fraction of sp³-hybridized carbons (Fsp3) is 0.200. The van der Waals surface area contributed by atoms with Gasteiger partial charge in [-0.15, -0.1) is 0 Å². The maximum absolute atomic E-state index is 13.5. The third-order valence-electron chi connectivity index (χ3n) is 5.55. The van der Waals surface area contributed by atoms with Crippen LogP contribution in [-0.2, 0) is 6.18 Å². The van der Waals surface area contributed by atoms with Crippen molar-refractivity contribution in [2.24, 2.45) is 0 Å². The monoisotopic (exact) mass is 494 g/mol. The van der Waals surface area contributed by atoms with Gasteiger partial charge >= 0.3 is 17.9 Å². The average molecular weight is 494 g/mol. The van der Waals surface area contributed by atoms with E-state index in [2.05, 4.69) is 15.3 Å². The van der Waals surface area contributed by atoms with E-state index in [1.807, 2.05) is 6.92 Å². The van der Waals surface area contributed by atoms with Gasteiger partial charge in [-0.05, 0) is 49.7 Å². The molecular weight excluding hydrogens is 473 g/mol. The van der Waals surface area contributed by atoms with E-state index in [1.165, 1.54) is 23.0 Å². The van der Waals surface area contributed by atoms with Gasteiger partial charge in [0, 0.05) is 6.54 Å². The first kappa shape index (κ1) is 24.5. The lowest BCUT2D eigenvalue weighted by molar-refractivity contribution is -0.137. The van der Waals surface area contributed by atoms with E-state index in [4.69, 9.17) is 6.57 Å². The van der Waals surface area contributed by atoms with Crippen LogP contribution in [0.2, 0.25) is 0 Å². The Morgan fingerprint density at radius 2 is 1.83 bits per heavy atom. The summed E-state index contributed by atoms with van der Waals surface area (Å²) in [6.07, 6.45) is -2.50. The number of carbonyl (C=O) groups excluding carboxylic acids is 1. The molecule has 4 rings (SSSR count). The Hall–Kier alpha value is -4.59. The minimum absolute atomic E-state index is 0.0249. The SMILES string of the molecule is [C-]#[N+]c1ccc(-n2nccc2-c2c(C)n(-c3cccc(C(F)(F)F)c3)c(=O)n2C(=O)NCCC)cc1. The molecule has 184 valence electrons.